The lowest BCUT2D eigenvalue weighted by Crippen LogP contribution is -2.03. The molecule has 3 aromatic rings. The van der Waals surface area contributed by atoms with Crippen molar-refractivity contribution in [3.8, 4) is 10.7 Å². The molecule has 0 spiro atoms. The molecule has 0 aliphatic rings. The molecule has 0 bridgehead atoms. The van der Waals surface area contributed by atoms with Crippen LogP contribution in [0.2, 0.25) is 0 Å². The Balaban J connectivity index is 1.63. The lowest BCUT2D eigenvalue weighted by Gasteiger charge is -2.02. The molecule has 3 aromatic heterocycles. The summed E-state index contributed by atoms with van der Waals surface area (Å²) in [6.45, 7) is 0.533. The highest BCUT2D eigenvalue weighted by molar-refractivity contribution is 7.98. The second-order valence-electron chi connectivity index (χ2n) is 3.90. The van der Waals surface area contributed by atoms with E-state index in [-0.39, 0.29) is 0 Å². The van der Waals surface area contributed by atoms with Crippen molar-refractivity contribution in [3.63, 3.8) is 0 Å². The van der Waals surface area contributed by atoms with Gasteiger partial charge in [0.25, 0.3) is 0 Å². The van der Waals surface area contributed by atoms with E-state index in [4.69, 9.17) is 0 Å². The van der Waals surface area contributed by atoms with Crippen molar-refractivity contribution in [2.75, 3.05) is 11.6 Å². The first-order valence-electron chi connectivity index (χ1n) is 5.92. The average molecular weight is 304 g/mol. The predicted molar refractivity (Wildman–Crippen MR) is 80.8 cm³/mol. The summed E-state index contributed by atoms with van der Waals surface area (Å²) in [4.78, 5) is 5.48. The quantitative estimate of drug-likeness (QED) is 0.705. The van der Waals surface area contributed by atoms with Gasteiger partial charge in [-0.1, -0.05) is 6.07 Å². The van der Waals surface area contributed by atoms with Gasteiger partial charge in [0, 0.05) is 0 Å². The topological polar surface area (TPSA) is 79.4 Å². The summed E-state index contributed by atoms with van der Waals surface area (Å²) in [5, 5.41) is 21.3. The number of H-pyrrole nitrogens is 1. The Hall–Kier alpha value is -1.93. The van der Waals surface area contributed by atoms with Crippen molar-refractivity contribution in [1.29, 1.82) is 0 Å². The van der Waals surface area contributed by atoms with E-state index in [9.17, 15) is 0 Å². The van der Waals surface area contributed by atoms with Crippen molar-refractivity contribution in [2.24, 2.45) is 0 Å². The standard InChI is InChI=1S/C12H12N6S2/c1-19-11-5-4-9(15-17-11)13-7-10-14-12(18-16-10)8-3-2-6-20-8/h2-6H,7H2,1H3,(H,13,15)(H,14,16,18). The summed E-state index contributed by atoms with van der Waals surface area (Å²) in [6, 6.07) is 7.81. The first-order chi connectivity index (χ1) is 9.85. The highest BCUT2D eigenvalue weighted by Gasteiger charge is 2.06. The molecule has 2 N–H and O–H groups in total. The van der Waals surface area contributed by atoms with Gasteiger partial charge < -0.3 is 5.32 Å². The highest BCUT2D eigenvalue weighted by atomic mass is 32.2. The zero-order valence-electron chi connectivity index (χ0n) is 10.7. The molecule has 0 atom stereocenters. The molecular weight excluding hydrogens is 292 g/mol. The number of aromatic amines is 1. The fourth-order valence-corrected chi connectivity index (χ4v) is 2.57. The summed E-state index contributed by atoms with van der Waals surface area (Å²) in [5.74, 6) is 2.21. The lowest BCUT2D eigenvalue weighted by molar-refractivity contribution is 0.898. The Kier molecular flexibility index (Phi) is 3.93. The van der Waals surface area contributed by atoms with E-state index in [1.807, 2.05) is 35.9 Å². The van der Waals surface area contributed by atoms with Gasteiger partial charge >= 0.3 is 0 Å². The van der Waals surface area contributed by atoms with E-state index in [1.54, 1.807) is 23.1 Å². The van der Waals surface area contributed by atoms with Gasteiger partial charge in [-0.3, -0.25) is 5.10 Å². The van der Waals surface area contributed by atoms with Crippen LogP contribution >= 0.6 is 23.1 Å². The van der Waals surface area contributed by atoms with Crippen LogP contribution in [-0.2, 0) is 6.54 Å². The molecular formula is C12H12N6S2. The molecule has 0 unspecified atom stereocenters. The third-order valence-corrected chi connectivity index (χ3v) is 4.06. The second kappa shape index (κ2) is 6.02. The van der Waals surface area contributed by atoms with Gasteiger partial charge in [0.05, 0.1) is 11.4 Å². The van der Waals surface area contributed by atoms with Gasteiger partial charge in [-0.2, -0.15) is 5.10 Å². The van der Waals surface area contributed by atoms with Gasteiger partial charge in [-0.25, -0.2) is 4.98 Å². The highest BCUT2D eigenvalue weighted by Crippen LogP contribution is 2.20. The van der Waals surface area contributed by atoms with Gasteiger partial charge in [-0.05, 0) is 29.8 Å². The van der Waals surface area contributed by atoms with Crippen LogP contribution in [0.4, 0.5) is 5.82 Å². The molecule has 0 amide bonds. The maximum Gasteiger partial charge on any atom is 0.191 e. The molecule has 0 saturated heterocycles. The van der Waals surface area contributed by atoms with Crippen LogP contribution < -0.4 is 5.32 Å². The number of nitrogens with one attached hydrogen (secondary N) is 2. The van der Waals surface area contributed by atoms with Gasteiger partial charge in [-0.15, -0.1) is 33.3 Å². The molecule has 0 aromatic carbocycles. The molecule has 0 fully saturated rings. The SMILES string of the molecule is CSc1ccc(NCc2nc(-c3cccs3)n[nH]2)nn1. The van der Waals surface area contributed by atoms with Gasteiger partial charge in [0.1, 0.15) is 16.7 Å². The first kappa shape index (κ1) is 13.1. The molecule has 0 aliphatic heterocycles. The van der Waals surface area contributed by atoms with Gasteiger partial charge in [0.15, 0.2) is 5.82 Å². The van der Waals surface area contributed by atoms with Gasteiger partial charge in [0.2, 0.25) is 0 Å². The van der Waals surface area contributed by atoms with Crippen LogP contribution in [0.5, 0.6) is 0 Å². The molecule has 3 rings (SSSR count). The summed E-state index contributed by atoms with van der Waals surface area (Å²) < 4.78 is 0. The lowest BCUT2D eigenvalue weighted by atomic mass is 10.4. The van der Waals surface area contributed by atoms with Crippen LogP contribution in [-0.4, -0.2) is 31.6 Å². The molecule has 20 heavy (non-hydrogen) atoms. The van der Waals surface area contributed by atoms with Crippen molar-refractivity contribution in [2.45, 2.75) is 11.6 Å². The number of anilines is 1. The fourth-order valence-electron chi connectivity index (χ4n) is 1.59. The molecule has 3 heterocycles. The Labute approximate surface area is 124 Å². The van der Waals surface area contributed by atoms with Crippen LogP contribution in [0, 0.1) is 0 Å². The Morgan fingerprint density at radius 1 is 1.30 bits per heavy atom. The van der Waals surface area contributed by atoms with Crippen LogP contribution in [0.15, 0.2) is 34.7 Å². The fraction of sp³-hybridized carbons (Fsp3) is 0.167. The summed E-state index contributed by atoms with van der Waals surface area (Å²) in [7, 11) is 0. The molecule has 0 saturated carbocycles. The molecule has 6 nitrogen and oxygen atoms in total. The third kappa shape index (κ3) is 2.97. The molecule has 102 valence electrons. The van der Waals surface area contributed by atoms with E-state index in [2.05, 4.69) is 30.7 Å². The zero-order valence-corrected chi connectivity index (χ0v) is 12.3. The number of rotatable bonds is 5. The van der Waals surface area contributed by atoms with E-state index in [1.165, 1.54) is 0 Å². The average Bonchev–Trinajstić information content (AvgIpc) is 3.16. The number of thioether (sulfide) groups is 1. The Bertz CT molecular complexity index is 662. The van der Waals surface area contributed by atoms with Crippen LogP contribution in [0.25, 0.3) is 10.7 Å². The van der Waals surface area contributed by atoms with Crippen molar-refractivity contribution in [1.82, 2.24) is 25.4 Å². The summed E-state index contributed by atoms with van der Waals surface area (Å²) in [6.07, 6.45) is 1.97. The van der Waals surface area contributed by atoms with E-state index in [0.717, 1.165) is 27.4 Å². The number of aromatic nitrogens is 5. The minimum atomic E-state index is 0.533. The van der Waals surface area contributed by atoms with Crippen LogP contribution in [0.1, 0.15) is 5.82 Å². The number of hydrogen-bond acceptors (Lipinski definition) is 7. The Morgan fingerprint density at radius 2 is 2.25 bits per heavy atom. The van der Waals surface area contributed by atoms with E-state index in [0.29, 0.717) is 6.54 Å². The van der Waals surface area contributed by atoms with E-state index >= 15 is 0 Å². The first-order valence-corrected chi connectivity index (χ1v) is 8.02. The minimum absolute atomic E-state index is 0.533. The third-order valence-electron chi connectivity index (χ3n) is 2.56. The summed E-state index contributed by atoms with van der Waals surface area (Å²) in [5.41, 5.74) is 0. The van der Waals surface area contributed by atoms with E-state index < -0.39 is 0 Å². The van der Waals surface area contributed by atoms with Crippen molar-refractivity contribution >= 4 is 28.9 Å². The van der Waals surface area contributed by atoms with Crippen molar-refractivity contribution < 1.29 is 0 Å². The minimum Gasteiger partial charge on any atom is -0.361 e. The van der Waals surface area contributed by atoms with Crippen molar-refractivity contribution in [3.05, 3.63) is 35.5 Å². The monoisotopic (exact) mass is 304 g/mol. The largest absolute Gasteiger partial charge is 0.361 e. The predicted octanol–water partition coefficient (Wildman–Crippen LogP) is 2.66. The maximum absolute atomic E-state index is 4.43. The number of nitrogens with zero attached hydrogens (tertiary/aromatic N) is 4. The zero-order chi connectivity index (χ0) is 13.8. The molecule has 8 heteroatoms. The molecule has 0 aliphatic carbocycles. The normalized spacial score (nSPS) is 10.7. The number of hydrogen-bond donors (Lipinski definition) is 2. The number of thiophene rings is 1. The Morgan fingerprint density at radius 3 is 2.95 bits per heavy atom. The smallest absolute Gasteiger partial charge is 0.191 e. The maximum atomic E-state index is 4.43. The second-order valence-corrected chi connectivity index (χ2v) is 5.67. The molecule has 0 radical (unpaired) electrons. The van der Waals surface area contributed by atoms with Crippen LogP contribution in [0.3, 0.4) is 0 Å². The summed E-state index contributed by atoms with van der Waals surface area (Å²) >= 11 is 3.18.